The van der Waals surface area contributed by atoms with Crippen molar-refractivity contribution in [2.45, 2.75) is 170 Å². The molecule has 4 fully saturated rings. The highest BCUT2D eigenvalue weighted by molar-refractivity contribution is 9.10. The minimum atomic E-state index is -0.179. The fraction of sp³-hybridized carbons (Fsp3) is 0.457. The summed E-state index contributed by atoms with van der Waals surface area (Å²) in [7, 11) is 0. The number of benzene rings is 6. The van der Waals surface area contributed by atoms with Crippen LogP contribution in [0.1, 0.15) is 182 Å². The topological polar surface area (TPSA) is 19.6 Å². The Hall–Kier alpha value is -5.06. The first-order chi connectivity index (χ1) is 34.7. The Bertz CT molecular complexity index is 3260. The standard InChI is InChI=1S/C70H83BrN2O/c1-64(2,3)47-25-20-44(21-26-47)56-39-48(65(4,5)6)27-31-60(56)73(62-43-74-63-19-17-16-18-55(62)63)54-38-51(66(7,8)9)37-53(42-54)72(52-28-22-45(23-29-52)57-40-49-32-34-69(57,14)67(49,10)11)61-30-24-46(36-59(61)71)58-41-50-33-35-70(58,15)68(50,12)13/h16-31,36-39,42-43,49-50,57-58H,32-35,40-41H2,1-15H3. The summed E-state index contributed by atoms with van der Waals surface area (Å²) < 4.78 is 7.63. The largest absolute Gasteiger partial charge is 0.462 e. The summed E-state index contributed by atoms with van der Waals surface area (Å²) in [4.78, 5) is 5.02. The first kappa shape index (κ1) is 51.1. The molecule has 0 N–H and O–H groups in total. The Morgan fingerprint density at radius 3 is 1.55 bits per heavy atom. The molecule has 11 rings (SSSR count). The Balaban J connectivity index is 1.13. The van der Waals surface area contributed by atoms with Gasteiger partial charge < -0.3 is 14.2 Å². The number of hydrogen-bond donors (Lipinski definition) is 0. The lowest BCUT2D eigenvalue weighted by molar-refractivity contribution is 0.134. The molecular formula is C70H83BrN2O. The van der Waals surface area contributed by atoms with Gasteiger partial charge in [0, 0.05) is 32.5 Å². The summed E-state index contributed by atoms with van der Waals surface area (Å²) >= 11 is 4.31. The molecule has 6 aromatic carbocycles. The van der Waals surface area contributed by atoms with Crippen LogP contribution in [0.3, 0.4) is 0 Å². The zero-order chi connectivity index (χ0) is 52.7. The van der Waals surface area contributed by atoms with Crippen molar-refractivity contribution in [1.29, 1.82) is 0 Å². The van der Waals surface area contributed by atoms with Crippen molar-refractivity contribution in [3.8, 4) is 11.1 Å². The van der Waals surface area contributed by atoms with Gasteiger partial charge in [-0.25, -0.2) is 0 Å². The Morgan fingerprint density at radius 2 is 1.01 bits per heavy atom. The van der Waals surface area contributed by atoms with Crippen LogP contribution in [-0.2, 0) is 16.2 Å². The second-order valence-corrected chi connectivity index (χ2v) is 29.1. The smallest absolute Gasteiger partial charge is 0.136 e. The zero-order valence-electron chi connectivity index (χ0n) is 47.4. The van der Waals surface area contributed by atoms with Crippen molar-refractivity contribution >= 4 is 61.0 Å². The summed E-state index contributed by atoms with van der Waals surface area (Å²) in [5.41, 5.74) is 17.8. The van der Waals surface area contributed by atoms with Crippen LogP contribution in [0, 0.1) is 33.5 Å². The molecule has 1 aromatic heterocycles. The molecular weight excluding hydrogens is 965 g/mol. The lowest BCUT2D eigenvalue weighted by atomic mass is 9.65. The number of furan rings is 1. The highest BCUT2D eigenvalue weighted by atomic mass is 79.9. The van der Waals surface area contributed by atoms with Gasteiger partial charge >= 0.3 is 0 Å². The number of rotatable bonds is 9. The van der Waals surface area contributed by atoms with Gasteiger partial charge in [0.1, 0.15) is 11.8 Å². The molecule has 3 nitrogen and oxygen atoms in total. The number of para-hydroxylation sites is 1. The average Bonchev–Trinajstić information content (AvgIpc) is 4.08. The van der Waals surface area contributed by atoms with Crippen molar-refractivity contribution in [2.75, 3.05) is 9.80 Å². The predicted octanol–water partition coefficient (Wildman–Crippen LogP) is 21.6. The van der Waals surface area contributed by atoms with E-state index < -0.39 is 0 Å². The van der Waals surface area contributed by atoms with E-state index in [0.717, 1.165) is 61.4 Å². The molecule has 0 radical (unpaired) electrons. The van der Waals surface area contributed by atoms with Gasteiger partial charge in [0.15, 0.2) is 0 Å². The van der Waals surface area contributed by atoms with Gasteiger partial charge in [0.2, 0.25) is 0 Å². The van der Waals surface area contributed by atoms with Crippen LogP contribution in [0.4, 0.5) is 34.1 Å². The summed E-state index contributed by atoms with van der Waals surface area (Å²) in [5, 5.41) is 1.07. The molecule has 4 heteroatoms. The fourth-order valence-corrected chi connectivity index (χ4v) is 15.6. The van der Waals surface area contributed by atoms with E-state index in [1.807, 2.05) is 6.26 Å². The van der Waals surface area contributed by atoms with Crippen molar-refractivity contribution in [3.05, 3.63) is 166 Å². The van der Waals surface area contributed by atoms with E-state index in [1.165, 1.54) is 77.5 Å². The zero-order valence-corrected chi connectivity index (χ0v) is 49.0. The lowest BCUT2D eigenvalue weighted by Gasteiger charge is -2.40. The third-order valence-electron chi connectivity index (χ3n) is 20.9. The maximum absolute atomic E-state index is 6.50. The van der Waals surface area contributed by atoms with Crippen LogP contribution in [0.2, 0.25) is 0 Å². The van der Waals surface area contributed by atoms with Crippen molar-refractivity contribution in [3.63, 3.8) is 0 Å². The van der Waals surface area contributed by atoms with E-state index in [-0.39, 0.29) is 21.7 Å². The van der Waals surface area contributed by atoms with Gasteiger partial charge in [0.05, 0.1) is 17.1 Å². The van der Waals surface area contributed by atoms with E-state index >= 15 is 0 Å². The Morgan fingerprint density at radius 1 is 0.486 bits per heavy atom. The molecule has 0 spiro atoms. The fourth-order valence-electron chi connectivity index (χ4n) is 15.0. The van der Waals surface area contributed by atoms with E-state index in [2.05, 4.69) is 257 Å². The molecule has 4 aliphatic rings. The number of hydrogen-bond acceptors (Lipinski definition) is 3. The molecule has 0 aliphatic heterocycles. The van der Waals surface area contributed by atoms with Crippen LogP contribution >= 0.6 is 15.9 Å². The Kier molecular flexibility index (Phi) is 12.1. The maximum atomic E-state index is 6.50. The number of fused-ring (bicyclic) bond motifs is 5. The van der Waals surface area contributed by atoms with Crippen LogP contribution in [0.15, 0.2) is 143 Å². The van der Waals surface area contributed by atoms with Crippen molar-refractivity contribution < 1.29 is 4.42 Å². The highest BCUT2D eigenvalue weighted by Crippen LogP contribution is 2.72. The first-order valence-corrected chi connectivity index (χ1v) is 28.9. The molecule has 6 unspecified atom stereocenters. The van der Waals surface area contributed by atoms with Gasteiger partial charge in [-0.1, -0.05) is 165 Å². The molecule has 7 aromatic rings. The van der Waals surface area contributed by atoms with Gasteiger partial charge in [-0.15, -0.1) is 0 Å². The van der Waals surface area contributed by atoms with Crippen LogP contribution < -0.4 is 9.80 Å². The summed E-state index contributed by atoms with van der Waals surface area (Å²) in [5.74, 6) is 2.66. The summed E-state index contributed by atoms with van der Waals surface area (Å²) in [6, 6.07) is 49.4. The SMILES string of the molecule is CC(C)(C)c1ccc(-c2cc(C(C)(C)C)ccc2N(c2cc(N(c3ccc(C4CC5CCC4(C)C5(C)C)cc3)c3ccc(C4CC5CCC4(C)C5(C)C)cc3Br)cc(C(C)(C)C)c2)c2coc3ccccc23)cc1. The van der Waals surface area contributed by atoms with Crippen LogP contribution in [0.25, 0.3) is 22.1 Å². The normalized spacial score (nSPS) is 25.0. The van der Waals surface area contributed by atoms with Crippen molar-refractivity contribution in [2.24, 2.45) is 33.5 Å². The molecule has 0 amide bonds. The van der Waals surface area contributed by atoms with Crippen LogP contribution in [-0.4, -0.2) is 0 Å². The van der Waals surface area contributed by atoms with Crippen LogP contribution in [0.5, 0.6) is 0 Å². The van der Waals surface area contributed by atoms with E-state index in [9.17, 15) is 0 Å². The lowest BCUT2D eigenvalue weighted by Crippen LogP contribution is -2.31. The van der Waals surface area contributed by atoms with Gasteiger partial charge in [-0.2, -0.15) is 0 Å². The van der Waals surface area contributed by atoms with E-state index in [0.29, 0.717) is 28.1 Å². The second-order valence-electron chi connectivity index (χ2n) is 28.2. The molecule has 0 saturated heterocycles. The third-order valence-corrected chi connectivity index (χ3v) is 21.5. The van der Waals surface area contributed by atoms with Crippen molar-refractivity contribution in [1.82, 2.24) is 0 Å². The van der Waals surface area contributed by atoms with Gasteiger partial charge in [-0.05, 0) is 216 Å². The Labute approximate surface area is 453 Å². The molecule has 6 atom stereocenters. The number of halogens is 1. The van der Waals surface area contributed by atoms with Gasteiger partial charge in [-0.3, -0.25) is 0 Å². The third kappa shape index (κ3) is 8.15. The first-order valence-electron chi connectivity index (χ1n) is 28.1. The predicted molar refractivity (Wildman–Crippen MR) is 319 cm³/mol. The average molecular weight is 1050 g/mol. The molecule has 4 aliphatic carbocycles. The minimum absolute atomic E-state index is 0.0398. The second kappa shape index (κ2) is 17.5. The molecule has 1 heterocycles. The monoisotopic (exact) mass is 1050 g/mol. The molecule has 386 valence electrons. The van der Waals surface area contributed by atoms with E-state index in [4.69, 9.17) is 4.42 Å². The highest BCUT2D eigenvalue weighted by Gasteiger charge is 2.62. The molecule has 4 saturated carbocycles. The van der Waals surface area contributed by atoms with E-state index in [1.54, 1.807) is 0 Å². The molecule has 4 bridgehead atoms. The summed E-state index contributed by atoms with van der Waals surface area (Å²) in [6.45, 7) is 36.2. The number of anilines is 6. The number of nitrogens with zero attached hydrogens (tertiary/aromatic N) is 2. The van der Waals surface area contributed by atoms with Gasteiger partial charge in [0.25, 0.3) is 0 Å². The molecule has 74 heavy (non-hydrogen) atoms. The quantitative estimate of drug-likeness (QED) is 0.144. The maximum Gasteiger partial charge on any atom is 0.136 e. The minimum Gasteiger partial charge on any atom is -0.462 e. The summed E-state index contributed by atoms with van der Waals surface area (Å²) in [6.07, 6.45) is 9.86.